The van der Waals surface area contributed by atoms with Gasteiger partial charge in [-0.1, -0.05) is 11.6 Å². The number of nitrogens with one attached hydrogen (secondary N) is 1. The fraction of sp³-hybridized carbons (Fsp3) is 0.292. The molecule has 13 heteroatoms. The number of ether oxygens (including phenoxy) is 2. The smallest absolute Gasteiger partial charge is 0.412 e. The van der Waals surface area contributed by atoms with E-state index in [9.17, 15) is 28.0 Å². The zero-order valence-electron chi connectivity index (χ0n) is 19.4. The summed E-state index contributed by atoms with van der Waals surface area (Å²) < 4.78 is 38.7. The first-order chi connectivity index (χ1) is 17.6. The first-order valence-electron chi connectivity index (χ1n) is 11.1. The number of carbonyl (C=O) groups is 4. The Morgan fingerprint density at radius 1 is 1.22 bits per heavy atom. The highest BCUT2D eigenvalue weighted by Gasteiger charge is 2.44. The van der Waals surface area contributed by atoms with Crippen LogP contribution in [-0.2, 0) is 19.1 Å². The lowest BCUT2D eigenvalue weighted by Gasteiger charge is -2.33. The first-order valence-corrected chi connectivity index (χ1v) is 11.5. The summed E-state index contributed by atoms with van der Waals surface area (Å²) in [4.78, 5) is 54.4. The summed E-state index contributed by atoms with van der Waals surface area (Å²) in [5.41, 5.74) is 6.02. The van der Waals surface area contributed by atoms with Gasteiger partial charge in [-0.2, -0.15) is 0 Å². The quantitative estimate of drug-likeness (QED) is 0.326. The molecule has 1 aromatic carbocycles. The van der Waals surface area contributed by atoms with Crippen LogP contribution >= 0.6 is 11.6 Å². The summed E-state index contributed by atoms with van der Waals surface area (Å²) in [6.45, 7) is -0.800. The molecule has 0 bridgehead atoms. The largest absolute Gasteiger partial charge is 0.456 e. The number of rotatable bonds is 6. The van der Waals surface area contributed by atoms with Gasteiger partial charge >= 0.3 is 12.1 Å². The molecule has 0 saturated carbocycles. The Balaban J connectivity index is 1.44. The highest BCUT2D eigenvalue weighted by Crippen LogP contribution is 2.40. The van der Waals surface area contributed by atoms with Crippen molar-refractivity contribution in [3.8, 4) is 0 Å². The van der Waals surface area contributed by atoms with Crippen molar-refractivity contribution in [1.82, 2.24) is 9.88 Å². The summed E-state index contributed by atoms with van der Waals surface area (Å²) >= 11 is 5.88. The lowest BCUT2D eigenvalue weighted by molar-refractivity contribution is -0.152. The number of halogens is 3. The van der Waals surface area contributed by atoms with Gasteiger partial charge in [0.15, 0.2) is 24.1 Å². The number of esters is 1. The summed E-state index contributed by atoms with van der Waals surface area (Å²) in [6.07, 6.45) is 2.25. The Hall–Kier alpha value is -4.06. The molecule has 2 aliphatic rings. The molecule has 3 N–H and O–H groups in total. The molecular weight excluding hydrogens is 514 g/mol. The number of aromatic nitrogens is 1. The minimum Gasteiger partial charge on any atom is -0.456 e. The van der Waals surface area contributed by atoms with E-state index in [2.05, 4.69) is 9.72 Å². The molecule has 2 aromatic rings. The van der Waals surface area contributed by atoms with Crippen LogP contribution in [0.1, 0.15) is 35.2 Å². The van der Waals surface area contributed by atoms with Crippen LogP contribution in [0.4, 0.5) is 25.1 Å². The number of anilines is 2. The first kappa shape index (κ1) is 26.0. The topological polar surface area (TPSA) is 141 Å². The number of Topliss-reactive ketones (excluding diaryl/α,β-unsaturated/α-hetero) is 1. The lowest BCUT2D eigenvalue weighted by atomic mass is 9.92. The average Bonchev–Trinajstić information content (AvgIpc) is 3.31. The molecule has 0 aliphatic carbocycles. The number of nitrogens with zero attached hydrogens (tertiary/aromatic N) is 2. The van der Waals surface area contributed by atoms with Gasteiger partial charge in [-0.25, -0.2) is 23.4 Å². The van der Waals surface area contributed by atoms with Gasteiger partial charge in [-0.15, -0.1) is 0 Å². The second-order valence-corrected chi connectivity index (χ2v) is 8.77. The maximum Gasteiger partial charge on any atom is 0.412 e. The number of methoxy groups -OCH3 is 1. The second kappa shape index (κ2) is 10.5. The third-order valence-corrected chi connectivity index (χ3v) is 6.46. The van der Waals surface area contributed by atoms with E-state index in [-0.39, 0.29) is 29.1 Å². The number of nitrogens with two attached hydrogens (primary N) is 1. The van der Waals surface area contributed by atoms with E-state index in [1.54, 1.807) is 0 Å². The van der Waals surface area contributed by atoms with Gasteiger partial charge in [0.05, 0.1) is 17.7 Å². The molecule has 1 aromatic heterocycles. The molecule has 1 fully saturated rings. The highest BCUT2D eigenvalue weighted by molar-refractivity contribution is 6.31. The summed E-state index contributed by atoms with van der Waals surface area (Å²) in [7, 11) is 1.07. The van der Waals surface area contributed by atoms with Gasteiger partial charge in [-0.05, 0) is 43.0 Å². The number of carbonyl (C=O) groups excluding carboxylic acids is 4. The summed E-state index contributed by atoms with van der Waals surface area (Å²) in [5.74, 6) is -4.62. The van der Waals surface area contributed by atoms with Crippen LogP contribution in [0.15, 0.2) is 30.5 Å². The van der Waals surface area contributed by atoms with Crippen molar-refractivity contribution in [2.24, 2.45) is 0 Å². The molecule has 37 heavy (non-hydrogen) atoms. The van der Waals surface area contributed by atoms with E-state index in [1.165, 1.54) is 23.1 Å². The molecule has 1 unspecified atom stereocenters. The van der Waals surface area contributed by atoms with E-state index < -0.39 is 65.5 Å². The van der Waals surface area contributed by atoms with Crippen LogP contribution in [-0.4, -0.2) is 59.4 Å². The van der Waals surface area contributed by atoms with Crippen molar-refractivity contribution < 1.29 is 37.4 Å². The van der Waals surface area contributed by atoms with Crippen LogP contribution in [0, 0.1) is 11.6 Å². The van der Waals surface area contributed by atoms with Crippen LogP contribution in [0.3, 0.4) is 0 Å². The van der Waals surface area contributed by atoms with Crippen LogP contribution in [0.2, 0.25) is 5.02 Å². The summed E-state index contributed by atoms with van der Waals surface area (Å²) in [5, 5.41) is 1.90. The van der Waals surface area contributed by atoms with Crippen molar-refractivity contribution in [2.45, 2.75) is 31.3 Å². The predicted molar refractivity (Wildman–Crippen MR) is 128 cm³/mol. The van der Waals surface area contributed by atoms with Crippen LogP contribution in [0.25, 0.3) is 5.57 Å². The molecule has 4 rings (SSSR count). The molecule has 0 spiro atoms. The molecule has 3 heterocycles. The normalized spacial score (nSPS) is 18.6. The standard InChI is InChI=1S/C24H21ClF2N4O6/c1-36-24(35)30-22-20(26)13(6-7-29-22)17(32)10-37-23(34)16-5-2-12-8-11(9-18(33)31(12)16)19-15(28)4-3-14(25)21(19)27/h3-4,6-7,9,12,16H,2,5,8,10,28H2,1H3,(H,29,30,35)/t12?,16-/m0/s1. The van der Waals surface area contributed by atoms with Gasteiger partial charge in [0, 0.05) is 29.6 Å². The van der Waals surface area contributed by atoms with E-state index in [1.807, 2.05) is 5.32 Å². The van der Waals surface area contributed by atoms with Crippen molar-refractivity contribution in [1.29, 1.82) is 0 Å². The maximum atomic E-state index is 14.6. The van der Waals surface area contributed by atoms with Gasteiger partial charge in [-0.3, -0.25) is 14.9 Å². The van der Waals surface area contributed by atoms with Crippen molar-refractivity contribution in [2.75, 3.05) is 24.8 Å². The number of ketones is 1. The van der Waals surface area contributed by atoms with Crippen molar-refractivity contribution >= 4 is 52.4 Å². The Labute approximate surface area is 214 Å². The molecule has 194 valence electrons. The molecule has 2 aliphatic heterocycles. The Morgan fingerprint density at radius 2 is 1.97 bits per heavy atom. The van der Waals surface area contributed by atoms with E-state index in [4.69, 9.17) is 22.1 Å². The number of hydrogen-bond acceptors (Lipinski definition) is 8. The monoisotopic (exact) mass is 534 g/mol. The van der Waals surface area contributed by atoms with E-state index >= 15 is 0 Å². The predicted octanol–water partition coefficient (Wildman–Crippen LogP) is 3.35. The number of benzene rings is 1. The highest BCUT2D eigenvalue weighted by atomic mass is 35.5. The fourth-order valence-electron chi connectivity index (χ4n) is 4.46. The Bertz CT molecular complexity index is 1330. The number of fused-ring (bicyclic) bond motifs is 1. The second-order valence-electron chi connectivity index (χ2n) is 8.36. The number of hydrogen-bond donors (Lipinski definition) is 2. The van der Waals surface area contributed by atoms with Gasteiger partial charge in [0.1, 0.15) is 6.04 Å². The number of pyridine rings is 1. The Morgan fingerprint density at radius 3 is 2.70 bits per heavy atom. The SMILES string of the molecule is COC(=O)Nc1nccc(C(=O)COC(=O)[C@@H]2CCC3CC(c4c(N)ccc(Cl)c4F)=CC(=O)N32)c1F. The average molecular weight is 535 g/mol. The lowest BCUT2D eigenvalue weighted by Crippen LogP contribution is -2.47. The van der Waals surface area contributed by atoms with E-state index in [0.717, 1.165) is 19.4 Å². The van der Waals surface area contributed by atoms with Gasteiger partial charge in [0.2, 0.25) is 11.7 Å². The fourth-order valence-corrected chi connectivity index (χ4v) is 4.61. The molecule has 1 saturated heterocycles. The van der Waals surface area contributed by atoms with E-state index in [0.29, 0.717) is 12.0 Å². The third kappa shape index (κ3) is 5.10. The zero-order valence-corrected chi connectivity index (χ0v) is 20.2. The van der Waals surface area contributed by atoms with Crippen molar-refractivity contribution in [3.05, 3.63) is 58.3 Å². The maximum absolute atomic E-state index is 14.6. The Kier molecular flexibility index (Phi) is 7.39. The van der Waals surface area contributed by atoms with Gasteiger partial charge < -0.3 is 20.1 Å². The van der Waals surface area contributed by atoms with Crippen LogP contribution in [0.5, 0.6) is 0 Å². The number of nitrogen functional groups attached to an aromatic ring is 1. The molecular formula is C24H21ClF2N4O6. The molecule has 10 nitrogen and oxygen atoms in total. The molecule has 2 amide bonds. The van der Waals surface area contributed by atoms with Crippen molar-refractivity contribution in [3.63, 3.8) is 0 Å². The van der Waals surface area contributed by atoms with Crippen LogP contribution < -0.4 is 11.1 Å². The summed E-state index contributed by atoms with van der Waals surface area (Å²) in [6, 6.07) is 2.46. The molecule has 0 radical (unpaired) electrons. The minimum atomic E-state index is -1.12. The zero-order chi connectivity index (χ0) is 26.9. The molecule has 2 atom stereocenters. The number of amides is 2. The third-order valence-electron chi connectivity index (χ3n) is 6.17. The minimum absolute atomic E-state index is 0.0533. The van der Waals surface area contributed by atoms with Gasteiger partial charge in [0.25, 0.3) is 0 Å².